The van der Waals surface area contributed by atoms with Crippen molar-refractivity contribution in [2.75, 3.05) is 14.2 Å². The summed E-state index contributed by atoms with van der Waals surface area (Å²) in [5.41, 5.74) is 4.70. The Morgan fingerprint density at radius 3 is 2.12 bits per heavy atom. The minimum Gasteiger partial charge on any atom is -0.540 e. The molecular formula is C26H24N2O4Pt. The van der Waals surface area contributed by atoms with E-state index in [1.165, 1.54) is 0 Å². The van der Waals surface area contributed by atoms with Gasteiger partial charge in [-0.3, -0.25) is 0 Å². The van der Waals surface area contributed by atoms with Crippen LogP contribution in [0.5, 0.6) is 11.5 Å². The van der Waals surface area contributed by atoms with Crippen LogP contribution in [0.3, 0.4) is 0 Å². The average Bonchev–Trinajstić information content (AvgIpc) is 2.89. The quantitative estimate of drug-likeness (QED) is 0.315. The largest absolute Gasteiger partial charge is 2.00 e. The molecule has 0 aliphatic rings. The Bertz CT molecular complexity index is 1060. The van der Waals surface area contributed by atoms with Gasteiger partial charge in [0.15, 0.2) is 0 Å². The van der Waals surface area contributed by atoms with Gasteiger partial charge in [-0.2, -0.15) is 0 Å². The summed E-state index contributed by atoms with van der Waals surface area (Å²) in [4.78, 5) is 8.49. The third-order valence-corrected chi connectivity index (χ3v) is 4.64. The van der Waals surface area contributed by atoms with E-state index in [1.807, 2.05) is 36.4 Å². The second kappa shape index (κ2) is 13.5. The predicted octanol–water partition coefficient (Wildman–Crippen LogP) is 4.10. The fraction of sp³-hybridized carbons (Fsp3) is 0.154. The van der Waals surface area contributed by atoms with E-state index in [0.717, 1.165) is 45.1 Å². The van der Waals surface area contributed by atoms with Crippen LogP contribution in [0.2, 0.25) is 0 Å². The molecule has 172 valence electrons. The summed E-state index contributed by atoms with van der Waals surface area (Å²) in [6, 6.07) is 24.4. The third kappa shape index (κ3) is 6.96. The molecule has 0 unspecified atom stereocenters. The van der Waals surface area contributed by atoms with Crippen molar-refractivity contribution in [1.29, 1.82) is 0 Å². The van der Waals surface area contributed by atoms with E-state index in [4.69, 9.17) is 14.6 Å². The Labute approximate surface area is 208 Å². The van der Waals surface area contributed by atoms with Crippen LogP contribution in [0.25, 0.3) is 22.5 Å². The predicted molar refractivity (Wildman–Crippen MR) is 122 cm³/mol. The number of benzene rings is 2. The molecule has 33 heavy (non-hydrogen) atoms. The Morgan fingerprint density at radius 1 is 0.788 bits per heavy atom. The molecule has 0 amide bonds. The van der Waals surface area contributed by atoms with Crippen LogP contribution in [0.4, 0.5) is 0 Å². The first-order chi connectivity index (χ1) is 15.7. The number of nitrogens with zero attached hydrogens (tertiary/aromatic N) is 2. The molecule has 7 heteroatoms. The van der Waals surface area contributed by atoms with Crippen LogP contribution in [0.1, 0.15) is 11.1 Å². The minimum atomic E-state index is -0.0439. The van der Waals surface area contributed by atoms with Gasteiger partial charge in [0.1, 0.15) is 5.75 Å². The van der Waals surface area contributed by atoms with Gasteiger partial charge in [0.25, 0.3) is 0 Å². The SMILES string of the molecule is COc1ccnc(-c2[c-]cccc2OC)c1.OCc1ccnc(-c2[c-]cccc2CO)c1.[Pt+2]. The first kappa shape index (κ1) is 26.2. The van der Waals surface area contributed by atoms with Gasteiger partial charge < -0.3 is 29.7 Å². The Kier molecular flexibility index (Phi) is 10.7. The molecule has 2 aromatic carbocycles. The number of methoxy groups -OCH3 is 2. The number of aromatic nitrogens is 2. The zero-order valence-electron chi connectivity index (χ0n) is 18.3. The number of hydrogen-bond donors (Lipinski definition) is 2. The molecule has 0 radical (unpaired) electrons. The maximum Gasteiger partial charge on any atom is 2.00 e. The Balaban J connectivity index is 0.000000227. The normalized spacial score (nSPS) is 9.82. The molecule has 6 nitrogen and oxygen atoms in total. The van der Waals surface area contributed by atoms with E-state index in [-0.39, 0.29) is 34.3 Å². The van der Waals surface area contributed by atoms with Gasteiger partial charge >= 0.3 is 21.1 Å². The van der Waals surface area contributed by atoms with Crippen molar-refractivity contribution in [2.45, 2.75) is 13.2 Å². The van der Waals surface area contributed by atoms with Crippen LogP contribution >= 0.6 is 0 Å². The standard InChI is InChI=1S/2C13H12NO2.Pt/c1-15-10-7-8-14-12(9-10)11-5-3-4-6-13(11)16-2;15-8-10-5-6-14-13(7-10)12-4-2-1-3-11(12)9-16;/h3-4,6-9H,1-2H3;1-3,5-7,15-16H,8-9H2;/q2*-1;+2. The van der Waals surface area contributed by atoms with Gasteiger partial charge in [0.2, 0.25) is 0 Å². The molecule has 2 aromatic heterocycles. The molecular weight excluding hydrogens is 599 g/mol. The van der Waals surface area contributed by atoms with Crippen molar-refractivity contribution in [3.8, 4) is 34.0 Å². The van der Waals surface area contributed by atoms with E-state index in [9.17, 15) is 5.11 Å². The first-order valence-corrected chi connectivity index (χ1v) is 9.91. The van der Waals surface area contributed by atoms with Gasteiger partial charge in [-0.15, -0.1) is 59.7 Å². The second-order valence-corrected chi connectivity index (χ2v) is 6.63. The summed E-state index contributed by atoms with van der Waals surface area (Å²) in [5.74, 6) is 1.52. The third-order valence-electron chi connectivity index (χ3n) is 4.64. The van der Waals surface area contributed by atoms with Gasteiger partial charge in [-0.1, -0.05) is 11.6 Å². The fourth-order valence-electron chi connectivity index (χ4n) is 3.02. The topological polar surface area (TPSA) is 84.7 Å². The van der Waals surface area contributed by atoms with Gasteiger partial charge in [-0.05, 0) is 35.2 Å². The Hall–Kier alpha value is -3.05. The van der Waals surface area contributed by atoms with Crippen molar-refractivity contribution < 1.29 is 40.8 Å². The summed E-state index contributed by atoms with van der Waals surface area (Å²) < 4.78 is 10.4. The van der Waals surface area contributed by atoms with Crippen molar-refractivity contribution in [3.05, 3.63) is 96.3 Å². The van der Waals surface area contributed by atoms with E-state index in [0.29, 0.717) is 0 Å². The molecule has 0 fully saturated rings. The summed E-state index contributed by atoms with van der Waals surface area (Å²) in [5, 5.41) is 18.3. The van der Waals surface area contributed by atoms with E-state index in [1.54, 1.807) is 50.9 Å². The summed E-state index contributed by atoms with van der Waals surface area (Å²) in [7, 11) is 3.26. The van der Waals surface area contributed by atoms with Crippen molar-refractivity contribution in [3.63, 3.8) is 0 Å². The molecule has 0 aliphatic carbocycles. The van der Waals surface area contributed by atoms with E-state index in [2.05, 4.69) is 22.1 Å². The number of aliphatic hydroxyl groups excluding tert-OH is 2. The zero-order valence-corrected chi connectivity index (χ0v) is 20.5. The number of ether oxygens (including phenoxy) is 2. The smallest absolute Gasteiger partial charge is 0.540 e. The maximum atomic E-state index is 9.21. The number of pyridine rings is 2. The van der Waals surface area contributed by atoms with Gasteiger partial charge in [0, 0.05) is 24.8 Å². The van der Waals surface area contributed by atoms with Crippen LogP contribution in [-0.4, -0.2) is 34.4 Å². The van der Waals surface area contributed by atoms with E-state index < -0.39 is 0 Å². The molecule has 0 atom stereocenters. The van der Waals surface area contributed by atoms with Crippen molar-refractivity contribution in [1.82, 2.24) is 9.97 Å². The fourth-order valence-corrected chi connectivity index (χ4v) is 3.02. The number of hydrogen-bond acceptors (Lipinski definition) is 6. The van der Waals surface area contributed by atoms with Crippen molar-refractivity contribution >= 4 is 0 Å². The van der Waals surface area contributed by atoms with Crippen molar-refractivity contribution in [2.24, 2.45) is 0 Å². The van der Waals surface area contributed by atoms with Crippen LogP contribution < -0.4 is 9.47 Å². The number of aliphatic hydroxyl groups is 2. The summed E-state index contributed by atoms with van der Waals surface area (Å²) >= 11 is 0. The zero-order chi connectivity index (χ0) is 22.8. The van der Waals surface area contributed by atoms with Crippen LogP contribution in [-0.2, 0) is 34.3 Å². The van der Waals surface area contributed by atoms with Crippen LogP contribution in [0, 0.1) is 12.1 Å². The molecule has 4 aromatic rings. The minimum absolute atomic E-state index is 0. The average molecular weight is 624 g/mol. The molecule has 2 heterocycles. The molecule has 0 saturated heterocycles. The Morgan fingerprint density at radius 2 is 1.45 bits per heavy atom. The molecule has 4 rings (SSSR count). The monoisotopic (exact) mass is 623 g/mol. The van der Waals surface area contributed by atoms with Gasteiger partial charge in [-0.25, -0.2) is 0 Å². The molecule has 0 bridgehead atoms. The molecule has 0 saturated carbocycles. The molecule has 0 aliphatic heterocycles. The first-order valence-electron chi connectivity index (χ1n) is 9.91. The summed E-state index contributed by atoms with van der Waals surface area (Å²) in [6.45, 7) is -0.0610. The second-order valence-electron chi connectivity index (χ2n) is 6.63. The summed E-state index contributed by atoms with van der Waals surface area (Å²) in [6.07, 6.45) is 3.34. The maximum absolute atomic E-state index is 9.21. The molecule has 0 spiro atoms. The van der Waals surface area contributed by atoms with Crippen LogP contribution in [0.15, 0.2) is 73.1 Å². The van der Waals surface area contributed by atoms with E-state index >= 15 is 0 Å². The number of rotatable bonds is 6. The molecule has 2 N–H and O–H groups in total. The van der Waals surface area contributed by atoms with Gasteiger partial charge in [0.05, 0.1) is 20.8 Å².